The molecule has 1 aromatic heterocycles. The molecule has 28 heavy (non-hydrogen) atoms. The molecule has 3 aromatic rings. The van der Waals surface area contributed by atoms with E-state index in [1.807, 2.05) is 25.1 Å². The maximum Gasteiger partial charge on any atom is 0.269 e. The van der Waals surface area contributed by atoms with Crippen LogP contribution in [0.3, 0.4) is 0 Å². The van der Waals surface area contributed by atoms with Gasteiger partial charge in [-0.1, -0.05) is 29.8 Å². The molecular weight excluding hydrogens is 418 g/mol. The topological polar surface area (TPSA) is 79.5 Å². The second-order valence-electron chi connectivity index (χ2n) is 5.78. The van der Waals surface area contributed by atoms with Crippen LogP contribution >= 0.6 is 35.2 Å². The summed E-state index contributed by atoms with van der Waals surface area (Å²) >= 11 is 12.6. The van der Waals surface area contributed by atoms with Gasteiger partial charge < -0.3 is 4.74 Å². The predicted molar refractivity (Wildman–Crippen MR) is 115 cm³/mol. The summed E-state index contributed by atoms with van der Waals surface area (Å²) < 4.78 is 6.01. The number of fused-ring (bicyclic) bond motifs is 1. The summed E-state index contributed by atoms with van der Waals surface area (Å²) in [7, 11) is 1.57. The largest absolute Gasteiger partial charge is 0.497 e. The van der Waals surface area contributed by atoms with Gasteiger partial charge in [-0.25, -0.2) is 0 Å². The molecule has 0 saturated heterocycles. The Labute approximate surface area is 175 Å². The number of amides is 2. The van der Waals surface area contributed by atoms with Crippen LogP contribution < -0.4 is 20.9 Å². The zero-order valence-corrected chi connectivity index (χ0v) is 17.3. The van der Waals surface area contributed by atoms with Gasteiger partial charge in [0.05, 0.1) is 12.1 Å². The van der Waals surface area contributed by atoms with Gasteiger partial charge in [-0.15, -0.1) is 11.3 Å². The van der Waals surface area contributed by atoms with E-state index in [2.05, 4.69) is 16.2 Å². The molecule has 2 aromatic carbocycles. The summed E-state index contributed by atoms with van der Waals surface area (Å²) in [4.78, 5) is 25.0. The number of thiocarbonyl (C=S) groups is 1. The lowest BCUT2D eigenvalue weighted by atomic mass is 10.1. The molecule has 0 fully saturated rings. The van der Waals surface area contributed by atoms with E-state index >= 15 is 0 Å². The number of thiophene rings is 1. The number of benzene rings is 2. The molecule has 9 heteroatoms. The number of hydrogen-bond donors (Lipinski definition) is 3. The number of hydrazine groups is 1. The third-order valence-electron chi connectivity index (χ3n) is 3.95. The molecule has 3 N–H and O–H groups in total. The number of methoxy groups -OCH3 is 1. The van der Waals surface area contributed by atoms with Gasteiger partial charge in [0.15, 0.2) is 5.11 Å². The van der Waals surface area contributed by atoms with E-state index in [0.29, 0.717) is 21.2 Å². The van der Waals surface area contributed by atoms with Gasteiger partial charge in [0, 0.05) is 15.6 Å². The molecule has 0 aliphatic carbocycles. The number of ether oxygens (including phenoxy) is 1. The highest BCUT2D eigenvalue weighted by Crippen LogP contribution is 2.37. The Hall–Kier alpha value is -2.68. The molecule has 0 bridgehead atoms. The van der Waals surface area contributed by atoms with Crippen molar-refractivity contribution in [1.82, 2.24) is 16.2 Å². The summed E-state index contributed by atoms with van der Waals surface area (Å²) in [6.07, 6.45) is 0. The number of aryl methyl sites for hydroxylation is 1. The van der Waals surface area contributed by atoms with Gasteiger partial charge in [-0.3, -0.25) is 25.8 Å². The highest BCUT2D eigenvalue weighted by atomic mass is 35.5. The van der Waals surface area contributed by atoms with Crippen molar-refractivity contribution in [3.63, 3.8) is 0 Å². The maximum absolute atomic E-state index is 12.5. The van der Waals surface area contributed by atoms with Gasteiger partial charge in [0.2, 0.25) is 0 Å². The van der Waals surface area contributed by atoms with Crippen molar-refractivity contribution in [1.29, 1.82) is 0 Å². The lowest BCUT2D eigenvalue weighted by Crippen LogP contribution is -2.48. The van der Waals surface area contributed by atoms with Gasteiger partial charge in [0.25, 0.3) is 11.8 Å². The molecule has 0 aliphatic heterocycles. The van der Waals surface area contributed by atoms with E-state index in [0.717, 1.165) is 15.6 Å². The van der Waals surface area contributed by atoms with Crippen LogP contribution in [-0.2, 0) is 0 Å². The molecule has 2 amide bonds. The average molecular weight is 434 g/mol. The Balaban J connectivity index is 1.65. The van der Waals surface area contributed by atoms with E-state index in [1.54, 1.807) is 31.4 Å². The van der Waals surface area contributed by atoms with Crippen molar-refractivity contribution in [2.75, 3.05) is 7.11 Å². The molecule has 0 radical (unpaired) electrons. The van der Waals surface area contributed by atoms with Crippen LogP contribution in [-0.4, -0.2) is 24.0 Å². The Bertz CT molecular complexity index is 1080. The van der Waals surface area contributed by atoms with Crippen molar-refractivity contribution in [2.45, 2.75) is 6.92 Å². The summed E-state index contributed by atoms with van der Waals surface area (Å²) in [5.41, 5.74) is 6.31. The van der Waals surface area contributed by atoms with E-state index in [9.17, 15) is 9.59 Å². The molecular formula is C19H16ClN3O3S2. The first-order valence-corrected chi connectivity index (χ1v) is 9.74. The Morgan fingerprint density at radius 1 is 1.11 bits per heavy atom. The number of nitrogens with one attached hydrogen (secondary N) is 3. The van der Waals surface area contributed by atoms with Gasteiger partial charge >= 0.3 is 0 Å². The second kappa shape index (κ2) is 8.55. The average Bonchev–Trinajstić information content (AvgIpc) is 3.02. The summed E-state index contributed by atoms with van der Waals surface area (Å²) in [5.74, 6) is -0.150. The number of halogens is 1. The van der Waals surface area contributed by atoms with Gasteiger partial charge in [-0.2, -0.15) is 0 Å². The highest BCUT2D eigenvalue weighted by Gasteiger charge is 2.19. The minimum absolute atomic E-state index is 0.0435. The summed E-state index contributed by atoms with van der Waals surface area (Å²) in [5, 5.41) is 3.56. The highest BCUT2D eigenvalue weighted by molar-refractivity contribution is 7.80. The Morgan fingerprint density at radius 3 is 2.57 bits per heavy atom. The Morgan fingerprint density at radius 2 is 1.86 bits per heavy atom. The molecule has 0 unspecified atom stereocenters. The first-order chi connectivity index (χ1) is 13.4. The SMILES string of the molecule is COc1ccc2c(Cl)c(C(=O)NC(=S)NNC(=O)c3ccccc3C)sc2c1. The number of rotatable bonds is 3. The van der Waals surface area contributed by atoms with E-state index in [4.69, 9.17) is 28.6 Å². The molecule has 0 spiro atoms. The first kappa shape index (κ1) is 20.1. The van der Waals surface area contributed by atoms with Crippen molar-refractivity contribution in [3.8, 4) is 5.75 Å². The maximum atomic E-state index is 12.5. The monoisotopic (exact) mass is 433 g/mol. The fourth-order valence-corrected chi connectivity index (χ4v) is 4.10. The molecule has 0 atom stereocenters. The molecule has 0 saturated carbocycles. The minimum Gasteiger partial charge on any atom is -0.497 e. The second-order valence-corrected chi connectivity index (χ2v) is 7.62. The zero-order chi connectivity index (χ0) is 20.3. The van der Waals surface area contributed by atoms with Crippen molar-refractivity contribution in [3.05, 3.63) is 63.5 Å². The van der Waals surface area contributed by atoms with Crippen LogP contribution in [0.4, 0.5) is 0 Å². The zero-order valence-electron chi connectivity index (χ0n) is 15.0. The number of carbonyl (C=O) groups excluding carboxylic acids is 2. The predicted octanol–water partition coefficient (Wildman–Crippen LogP) is 3.82. The third-order valence-corrected chi connectivity index (χ3v) is 5.81. The number of carbonyl (C=O) groups is 2. The normalized spacial score (nSPS) is 10.4. The summed E-state index contributed by atoms with van der Waals surface area (Å²) in [6, 6.07) is 12.5. The third kappa shape index (κ3) is 4.24. The minimum atomic E-state index is -0.465. The van der Waals surface area contributed by atoms with Crippen LogP contribution in [0.1, 0.15) is 25.6 Å². The van der Waals surface area contributed by atoms with Crippen LogP contribution in [0, 0.1) is 6.92 Å². The lowest BCUT2D eigenvalue weighted by molar-refractivity contribution is 0.0934. The fourth-order valence-electron chi connectivity index (χ4n) is 2.52. The van der Waals surface area contributed by atoms with Crippen LogP contribution in [0.15, 0.2) is 42.5 Å². The van der Waals surface area contributed by atoms with Gasteiger partial charge in [-0.05, 0) is 49.0 Å². The molecule has 3 rings (SSSR count). The first-order valence-electron chi connectivity index (χ1n) is 8.14. The molecule has 0 aliphatic rings. The molecule has 6 nitrogen and oxygen atoms in total. The van der Waals surface area contributed by atoms with Crippen LogP contribution in [0.25, 0.3) is 10.1 Å². The smallest absolute Gasteiger partial charge is 0.269 e. The molecule has 1 heterocycles. The van der Waals surface area contributed by atoms with Crippen molar-refractivity contribution in [2.24, 2.45) is 0 Å². The van der Waals surface area contributed by atoms with E-state index in [-0.39, 0.29) is 11.0 Å². The van der Waals surface area contributed by atoms with Gasteiger partial charge in [0.1, 0.15) is 10.6 Å². The standard InChI is InChI=1S/C19H16ClN3O3S2/c1-10-5-3-4-6-12(10)17(24)22-23-19(27)21-18(25)16-15(20)13-8-7-11(26-2)9-14(13)28-16/h3-9H,1-2H3,(H,22,24)(H2,21,23,25,27). The fraction of sp³-hybridized carbons (Fsp3) is 0.105. The van der Waals surface area contributed by atoms with Crippen molar-refractivity contribution < 1.29 is 14.3 Å². The van der Waals surface area contributed by atoms with Crippen LogP contribution in [0.5, 0.6) is 5.75 Å². The lowest BCUT2D eigenvalue weighted by Gasteiger charge is -2.11. The Kier molecular flexibility index (Phi) is 6.13. The quantitative estimate of drug-likeness (QED) is 0.432. The number of hydrogen-bond acceptors (Lipinski definition) is 5. The van der Waals surface area contributed by atoms with Crippen molar-refractivity contribution >= 4 is 62.2 Å². The van der Waals surface area contributed by atoms with E-state index < -0.39 is 5.91 Å². The van der Waals surface area contributed by atoms with E-state index in [1.165, 1.54) is 11.3 Å². The van der Waals surface area contributed by atoms with Crippen LogP contribution in [0.2, 0.25) is 5.02 Å². The molecule has 144 valence electrons. The summed E-state index contributed by atoms with van der Waals surface area (Å²) in [6.45, 7) is 1.83.